The summed E-state index contributed by atoms with van der Waals surface area (Å²) in [6.07, 6.45) is 4.24. The van der Waals surface area contributed by atoms with Crippen molar-refractivity contribution in [1.29, 1.82) is 0 Å². The molecule has 0 aromatic heterocycles. The van der Waals surface area contributed by atoms with Gasteiger partial charge in [0.25, 0.3) is 0 Å². The SMILES string of the molecule is CCCC(CCN)CCC(=O)O. The summed E-state index contributed by atoms with van der Waals surface area (Å²) >= 11 is 0. The van der Waals surface area contributed by atoms with E-state index in [1.165, 1.54) is 0 Å². The number of rotatable bonds is 7. The van der Waals surface area contributed by atoms with Crippen molar-refractivity contribution in [2.45, 2.75) is 39.0 Å². The summed E-state index contributed by atoms with van der Waals surface area (Å²) in [4.78, 5) is 10.3. The van der Waals surface area contributed by atoms with E-state index in [9.17, 15) is 4.79 Å². The van der Waals surface area contributed by atoms with Crippen LogP contribution in [0.2, 0.25) is 0 Å². The fourth-order valence-electron chi connectivity index (χ4n) is 1.40. The van der Waals surface area contributed by atoms with Gasteiger partial charge < -0.3 is 10.8 Å². The average molecular weight is 173 g/mol. The molecule has 0 aliphatic rings. The molecule has 0 spiro atoms. The van der Waals surface area contributed by atoms with E-state index in [1.54, 1.807) is 0 Å². The van der Waals surface area contributed by atoms with Crippen molar-refractivity contribution in [3.8, 4) is 0 Å². The van der Waals surface area contributed by atoms with E-state index in [2.05, 4.69) is 6.92 Å². The van der Waals surface area contributed by atoms with Gasteiger partial charge in [0.05, 0.1) is 0 Å². The summed E-state index contributed by atoms with van der Waals surface area (Å²) in [6, 6.07) is 0. The lowest BCUT2D eigenvalue weighted by atomic mass is 9.95. The van der Waals surface area contributed by atoms with Gasteiger partial charge in [-0.15, -0.1) is 0 Å². The molecule has 1 unspecified atom stereocenters. The molecule has 0 saturated carbocycles. The van der Waals surface area contributed by atoms with Gasteiger partial charge in [-0.2, -0.15) is 0 Å². The third-order valence-electron chi connectivity index (χ3n) is 2.04. The van der Waals surface area contributed by atoms with Crippen LogP contribution in [0.25, 0.3) is 0 Å². The van der Waals surface area contributed by atoms with E-state index in [-0.39, 0.29) is 6.42 Å². The Morgan fingerprint density at radius 2 is 2.08 bits per heavy atom. The van der Waals surface area contributed by atoms with Gasteiger partial charge in [0.2, 0.25) is 0 Å². The summed E-state index contributed by atoms with van der Waals surface area (Å²) in [7, 11) is 0. The minimum atomic E-state index is -0.701. The molecule has 0 heterocycles. The Kier molecular flexibility index (Phi) is 6.76. The molecule has 0 rings (SSSR count). The van der Waals surface area contributed by atoms with E-state index in [0.717, 1.165) is 25.7 Å². The maximum absolute atomic E-state index is 10.3. The van der Waals surface area contributed by atoms with Gasteiger partial charge in [-0.25, -0.2) is 0 Å². The van der Waals surface area contributed by atoms with E-state index >= 15 is 0 Å². The molecule has 0 radical (unpaired) electrons. The van der Waals surface area contributed by atoms with Gasteiger partial charge in [-0.05, 0) is 25.3 Å². The molecule has 72 valence electrons. The molecule has 0 aromatic rings. The molecule has 1 atom stereocenters. The quantitative estimate of drug-likeness (QED) is 0.615. The number of carbonyl (C=O) groups is 1. The molecule has 0 aliphatic heterocycles. The second kappa shape index (κ2) is 7.10. The van der Waals surface area contributed by atoms with Crippen LogP contribution in [0.4, 0.5) is 0 Å². The van der Waals surface area contributed by atoms with Gasteiger partial charge in [-0.3, -0.25) is 4.79 Å². The number of hydrogen-bond donors (Lipinski definition) is 2. The van der Waals surface area contributed by atoms with Crippen molar-refractivity contribution in [2.24, 2.45) is 11.7 Å². The highest BCUT2D eigenvalue weighted by molar-refractivity contribution is 5.66. The Morgan fingerprint density at radius 3 is 2.50 bits per heavy atom. The summed E-state index contributed by atoms with van der Waals surface area (Å²) < 4.78 is 0. The normalized spacial score (nSPS) is 12.8. The van der Waals surface area contributed by atoms with Crippen molar-refractivity contribution in [3.63, 3.8) is 0 Å². The first kappa shape index (κ1) is 11.4. The lowest BCUT2D eigenvalue weighted by Gasteiger charge is -2.12. The summed E-state index contributed by atoms with van der Waals surface area (Å²) in [5.41, 5.74) is 5.42. The molecular weight excluding hydrogens is 154 g/mol. The van der Waals surface area contributed by atoms with Crippen LogP contribution in [-0.2, 0) is 4.79 Å². The van der Waals surface area contributed by atoms with Crippen molar-refractivity contribution in [3.05, 3.63) is 0 Å². The molecule has 0 fully saturated rings. The first-order valence-electron chi connectivity index (χ1n) is 4.62. The molecule has 0 amide bonds. The second-order valence-electron chi connectivity index (χ2n) is 3.16. The van der Waals surface area contributed by atoms with Gasteiger partial charge in [0.15, 0.2) is 0 Å². The Bertz CT molecular complexity index is 120. The molecule has 0 aliphatic carbocycles. The van der Waals surface area contributed by atoms with E-state index in [1.807, 2.05) is 0 Å². The van der Waals surface area contributed by atoms with Crippen molar-refractivity contribution < 1.29 is 9.90 Å². The van der Waals surface area contributed by atoms with Gasteiger partial charge >= 0.3 is 5.97 Å². The molecular formula is C9H19NO2. The summed E-state index contributed by atoms with van der Waals surface area (Å²) in [5.74, 6) is -0.191. The molecule has 12 heavy (non-hydrogen) atoms. The molecule has 0 bridgehead atoms. The molecule has 3 heteroatoms. The fraction of sp³-hybridized carbons (Fsp3) is 0.889. The van der Waals surface area contributed by atoms with E-state index in [4.69, 9.17) is 10.8 Å². The van der Waals surface area contributed by atoms with Crippen LogP contribution in [0, 0.1) is 5.92 Å². The number of carboxylic acids is 1. The Hall–Kier alpha value is -0.570. The zero-order valence-corrected chi connectivity index (χ0v) is 7.75. The zero-order chi connectivity index (χ0) is 9.40. The maximum Gasteiger partial charge on any atom is 0.303 e. The van der Waals surface area contributed by atoms with Crippen LogP contribution in [0.3, 0.4) is 0 Å². The van der Waals surface area contributed by atoms with Crippen LogP contribution in [0.5, 0.6) is 0 Å². The Labute approximate surface area is 74.0 Å². The van der Waals surface area contributed by atoms with Gasteiger partial charge in [-0.1, -0.05) is 19.8 Å². The fourth-order valence-corrected chi connectivity index (χ4v) is 1.40. The minimum absolute atomic E-state index is 0.282. The summed E-state index contributed by atoms with van der Waals surface area (Å²) in [5, 5.41) is 8.47. The van der Waals surface area contributed by atoms with E-state index in [0.29, 0.717) is 12.5 Å². The van der Waals surface area contributed by atoms with Crippen molar-refractivity contribution >= 4 is 5.97 Å². The lowest BCUT2D eigenvalue weighted by Crippen LogP contribution is -2.10. The molecule has 3 nitrogen and oxygen atoms in total. The van der Waals surface area contributed by atoms with E-state index < -0.39 is 5.97 Å². The van der Waals surface area contributed by atoms with Crippen molar-refractivity contribution in [2.75, 3.05) is 6.54 Å². The van der Waals surface area contributed by atoms with Crippen LogP contribution in [-0.4, -0.2) is 17.6 Å². The van der Waals surface area contributed by atoms with Crippen molar-refractivity contribution in [1.82, 2.24) is 0 Å². The van der Waals surface area contributed by atoms with Gasteiger partial charge in [0.1, 0.15) is 0 Å². The third kappa shape index (κ3) is 6.16. The Morgan fingerprint density at radius 1 is 1.42 bits per heavy atom. The van der Waals surface area contributed by atoms with Crippen LogP contribution in [0.1, 0.15) is 39.0 Å². The highest BCUT2D eigenvalue weighted by atomic mass is 16.4. The smallest absolute Gasteiger partial charge is 0.303 e. The number of carboxylic acid groups (broad SMARTS) is 1. The number of hydrogen-bond acceptors (Lipinski definition) is 2. The van der Waals surface area contributed by atoms with Gasteiger partial charge in [0, 0.05) is 6.42 Å². The Balaban J connectivity index is 3.54. The molecule has 0 saturated heterocycles. The highest BCUT2D eigenvalue weighted by Gasteiger charge is 2.08. The predicted octanol–water partition coefficient (Wildman–Crippen LogP) is 1.62. The first-order chi connectivity index (χ1) is 5.70. The maximum atomic E-state index is 10.3. The zero-order valence-electron chi connectivity index (χ0n) is 7.75. The lowest BCUT2D eigenvalue weighted by molar-refractivity contribution is -0.137. The molecule has 0 aromatic carbocycles. The first-order valence-corrected chi connectivity index (χ1v) is 4.62. The average Bonchev–Trinajstić information content (AvgIpc) is 2.01. The van der Waals surface area contributed by atoms with Crippen LogP contribution in [0.15, 0.2) is 0 Å². The topological polar surface area (TPSA) is 63.3 Å². The monoisotopic (exact) mass is 173 g/mol. The standard InChI is InChI=1S/C9H19NO2/c1-2-3-8(6-7-10)4-5-9(11)12/h8H,2-7,10H2,1H3,(H,11,12). The minimum Gasteiger partial charge on any atom is -0.481 e. The predicted molar refractivity (Wildman–Crippen MR) is 48.9 cm³/mol. The third-order valence-corrected chi connectivity index (χ3v) is 2.04. The highest BCUT2D eigenvalue weighted by Crippen LogP contribution is 2.16. The number of aliphatic carboxylic acids is 1. The molecule has 3 N–H and O–H groups in total. The summed E-state index contributed by atoms with van der Waals surface area (Å²) in [6.45, 7) is 2.79. The largest absolute Gasteiger partial charge is 0.481 e. The number of nitrogens with two attached hydrogens (primary N) is 1. The van der Waals surface area contributed by atoms with Crippen LogP contribution < -0.4 is 5.73 Å². The second-order valence-corrected chi connectivity index (χ2v) is 3.16. The van der Waals surface area contributed by atoms with Crippen LogP contribution >= 0.6 is 0 Å².